The van der Waals surface area contributed by atoms with Crippen LogP contribution in [0.2, 0.25) is 0 Å². The molecule has 23 heavy (non-hydrogen) atoms. The average molecular weight is 312 g/mol. The lowest BCUT2D eigenvalue weighted by atomic mass is 10.1. The quantitative estimate of drug-likeness (QED) is 0.734. The third-order valence-electron chi connectivity index (χ3n) is 3.68. The van der Waals surface area contributed by atoms with Gasteiger partial charge in [0.05, 0.1) is 37.7 Å². The number of methoxy groups -OCH3 is 1. The highest BCUT2D eigenvalue weighted by atomic mass is 16.5. The second kappa shape index (κ2) is 9.00. The van der Waals surface area contributed by atoms with Gasteiger partial charge in [-0.05, 0) is 43.4 Å². The molecule has 1 aliphatic carbocycles. The summed E-state index contributed by atoms with van der Waals surface area (Å²) >= 11 is 0. The van der Waals surface area contributed by atoms with Gasteiger partial charge in [-0.15, -0.1) is 0 Å². The highest BCUT2D eigenvalue weighted by molar-refractivity contribution is 6.47. The van der Waals surface area contributed by atoms with Crippen LogP contribution < -0.4 is 5.32 Å². The Hall–Kier alpha value is -2.27. The van der Waals surface area contributed by atoms with Crippen molar-refractivity contribution in [1.29, 1.82) is 0 Å². The van der Waals surface area contributed by atoms with Crippen LogP contribution in [0.1, 0.15) is 13.3 Å². The number of allylic oxidation sites excluding steroid dienone is 4. The standard InChI is InChI=1S/C18H24N4O/c1-14-5-4-6-16(11-15(14)13-23-3)22-12-18-17(7-8-19-2)20-9-10-21-18/h5-8,11,22H,2,4,9-10,12-13H2,1,3H3/b8-7-. The van der Waals surface area contributed by atoms with Crippen molar-refractivity contribution in [1.82, 2.24) is 5.32 Å². The van der Waals surface area contributed by atoms with E-state index in [0.717, 1.165) is 36.6 Å². The van der Waals surface area contributed by atoms with Crippen molar-refractivity contribution in [3.05, 3.63) is 47.3 Å². The Kier molecular flexibility index (Phi) is 6.69. The average Bonchev–Trinajstić information content (AvgIpc) is 2.74. The lowest BCUT2D eigenvalue weighted by molar-refractivity contribution is 0.227. The molecule has 0 fully saturated rings. The first-order chi connectivity index (χ1) is 11.2. The molecule has 5 nitrogen and oxygen atoms in total. The molecular weight excluding hydrogens is 288 g/mol. The molecule has 0 aromatic heterocycles. The minimum atomic E-state index is 0.614. The molecule has 0 atom stereocenters. The van der Waals surface area contributed by atoms with E-state index in [0.29, 0.717) is 13.2 Å². The first-order valence-electron chi connectivity index (χ1n) is 7.75. The smallest absolute Gasteiger partial charge is 0.0819 e. The summed E-state index contributed by atoms with van der Waals surface area (Å²) < 4.78 is 5.28. The molecule has 0 aromatic carbocycles. The van der Waals surface area contributed by atoms with Gasteiger partial charge in [-0.25, -0.2) is 0 Å². The van der Waals surface area contributed by atoms with E-state index in [4.69, 9.17) is 4.74 Å². The summed E-state index contributed by atoms with van der Waals surface area (Å²) in [7, 11) is 1.72. The zero-order chi connectivity index (χ0) is 16.5. The molecule has 0 radical (unpaired) electrons. The van der Waals surface area contributed by atoms with Gasteiger partial charge in [-0.2, -0.15) is 0 Å². The fourth-order valence-corrected chi connectivity index (χ4v) is 2.42. The summed E-state index contributed by atoms with van der Waals surface area (Å²) in [5, 5.41) is 3.45. The Morgan fingerprint density at radius 2 is 2.17 bits per heavy atom. The fraction of sp³-hybridized carbons (Fsp3) is 0.389. The molecule has 2 aliphatic rings. The molecule has 2 rings (SSSR count). The summed E-state index contributed by atoms with van der Waals surface area (Å²) in [6.45, 7) is 8.28. The molecule has 0 saturated heterocycles. The summed E-state index contributed by atoms with van der Waals surface area (Å²) in [5.41, 5.74) is 5.37. The monoisotopic (exact) mass is 312 g/mol. The lowest BCUT2D eigenvalue weighted by Gasteiger charge is -2.14. The first-order valence-corrected chi connectivity index (χ1v) is 7.75. The molecule has 5 heteroatoms. The summed E-state index contributed by atoms with van der Waals surface area (Å²) in [5.74, 6) is 0. The third-order valence-corrected chi connectivity index (χ3v) is 3.68. The van der Waals surface area contributed by atoms with E-state index in [-0.39, 0.29) is 0 Å². The predicted octanol–water partition coefficient (Wildman–Crippen LogP) is 2.49. The van der Waals surface area contributed by atoms with Gasteiger partial charge in [-0.1, -0.05) is 12.2 Å². The number of nitrogens with one attached hydrogen (secondary N) is 1. The SMILES string of the molecule is C=N/C=C\C1=NCCN=C1CNC1=CCC=C(C)C(COC)=C1. The van der Waals surface area contributed by atoms with E-state index in [1.165, 1.54) is 11.1 Å². The van der Waals surface area contributed by atoms with Crippen molar-refractivity contribution in [3.8, 4) is 0 Å². The van der Waals surface area contributed by atoms with Crippen molar-refractivity contribution in [3.63, 3.8) is 0 Å². The van der Waals surface area contributed by atoms with Gasteiger partial charge in [0.2, 0.25) is 0 Å². The zero-order valence-electron chi connectivity index (χ0n) is 13.9. The van der Waals surface area contributed by atoms with Gasteiger partial charge < -0.3 is 10.1 Å². The molecule has 1 N–H and O–H groups in total. The van der Waals surface area contributed by atoms with Crippen LogP contribution in [0, 0.1) is 0 Å². The number of aliphatic imine (C=N–C) groups is 3. The van der Waals surface area contributed by atoms with Crippen molar-refractivity contribution in [2.45, 2.75) is 13.3 Å². The second-order valence-corrected chi connectivity index (χ2v) is 5.33. The summed E-state index contributed by atoms with van der Waals surface area (Å²) in [6, 6.07) is 0. The highest BCUT2D eigenvalue weighted by Crippen LogP contribution is 2.17. The van der Waals surface area contributed by atoms with Crippen LogP contribution in [0.15, 0.2) is 62.3 Å². The number of nitrogens with zero attached hydrogens (tertiary/aromatic N) is 3. The minimum Gasteiger partial charge on any atom is -0.380 e. The predicted molar refractivity (Wildman–Crippen MR) is 97.7 cm³/mol. The molecule has 1 aliphatic heterocycles. The Balaban J connectivity index is 2.03. The lowest BCUT2D eigenvalue weighted by Crippen LogP contribution is -2.30. The maximum absolute atomic E-state index is 5.28. The van der Waals surface area contributed by atoms with E-state index in [1.54, 1.807) is 13.3 Å². The number of hydrogen-bond acceptors (Lipinski definition) is 5. The maximum Gasteiger partial charge on any atom is 0.0819 e. The molecule has 1 heterocycles. The molecule has 0 aromatic rings. The van der Waals surface area contributed by atoms with E-state index in [1.807, 2.05) is 6.08 Å². The second-order valence-electron chi connectivity index (χ2n) is 5.33. The van der Waals surface area contributed by atoms with Crippen LogP contribution in [0.5, 0.6) is 0 Å². The van der Waals surface area contributed by atoms with Gasteiger partial charge in [-0.3, -0.25) is 15.0 Å². The van der Waals surface area contributed by atoms with E-state index in [9.17, 15) is 0 Å². The number of rotatable bonds is 7. The van der Waals surface area contributed by atoms with Crippen molar-refractivity contribution in [2.75, 3.05) is 33.4 Å². The van der Waals surface area contributed by atoms with Gasteiger partial charge in [0.25, 0.3) is 0 Å². The van der Waals surface area contributed by atoms with E-state index in [2.05, 4.69) is 52.2 Å². The Morgan fingerprint density at radius 1 is 1.35 bits per heavy atom. The molecule has 0 spiro atoms. The number of hydrogen-bond donors (Lipinski definition) is 1. The minimum absolute atomic E-state index is 0.614. The largest absolute Gasteiger partial charge is 0.380 e. The summed E-state index contributed by atoms with van der Waals surface area (Å²) in [6.07, 6.45) is 10.9. The summed E-state index contributed by atoms with van der Waals surface area (Å²) in [4.78, 5) is 12.8. The Morgan fingerprint density at radius 3 is 2.96 bits per heavy atom. The number of ether oxygens (including phenoxy) is 1. The third kappa shape index (κ3) is 5.14. The Bertz CT molecular complexity index is 621. The van der Waals surface area contributed by atoms with Gasteiger partial charge >= 0.3 is 0 Å². The Labute approximate surface area is 138 Å². The van der Waals surface area contributed by atoms with Crippen LogP contribution in [-0.2, 0) is 4.74 Å². The maximum atomic E-state index is 5.28. The van der Waals surface area contributed by atoms with Crippen LogP contribution in [0.25, 0.3) is 0 Å². The molecule has 0 bridgehead atoms. The molecule has 0 saturated carbocycles. The van der Waals surface area contributed by atoms with Crippen molar-refractivity contribution < 1.29 is 4.74 Å². The zero-order valence-corrected chi connectivity index (χ0v) is 13.9. The molecular formula is C18H24N4O. The molecule has 0 unspecified atom stereocenters. The van der Waals surface area contributed by atoms with Crippen LogP contribution in [-0.4, -0.2) is 51.5 Å². The van der Waals surface area contributed by atoms with Crippen molar-refractivity contribution in [2.24, 2.45) is 15.0 Å². The van der Waals surface area contributed by atoms with Crippen LogP contribution in [0.4, 0.5) is 0 Å². The van der Waals surface area contributed by atoms with Gasteiger partial charge in [0, 0.05) is 19.0 Å². The fourth-order valence-electron chi connectivity index (χ4n) is 2.42. The van der Waals surface area contributed by atoms with E-state index >= 15 is 0 Å². The van der Waals surface area contributed by atoms with Gasteiger partial charge in [0.15, 0.2) is 0 Å². The first kappa shape index (κ1) is 17.1. The molecule has 122 valence electrons. The van der Waals surface area contributed by atoms with Crippen LogP contribution >= 0.6 is 0 Å². The van der Waals surface area contributed by atoms with Crippen molar-refractivity contribution >= 4 is 18.1 Å². The van der Waals surface area contributed by atoms with Gasteiger partial charge in [0.1, 0.15) is 0 Å². The normalized spacial score (nSPS) is 18.4. The van der Waals surface area contributed by atoms with E-state index < -0.39 is 0 Å². The topological polar surface area (TPSA) is 58.3 Å². The highest BCUT2D eigenvalue weighted by Gasteiger charge is 2.11. The molecule has 0 amide bonds. The van der Waals surface area contributed by atoms with Crippen LogP contribution in [0.3, 0.4) is 0 Å².